The lowest BCUT2D eigenvalue weighted by molar-refractivity contribution is -0.113. The number of amides is 1. The van der Waals surface area contributed by atoms with E-state index in [1.165, 1.54) is 22.5 Å². The van der Waals surface area contributed by atoms with Crippen LogP contribution < -0.4 is 11.2 Å². The first-order valence-electron chi connectivity index (χ1n) is 8.70. The van der Waals surface area contributed by atoms with E-state index in [0.717, 1.165) is 17.3 Å². The summed E-state index contributed by atoms with van der Waals surface area (Å²) < 4.78 is 1.37. The van der Waals surface area contributed by atoms with Gasteiger partial charge in [0.25, 0.3) is 0 Å². The Balaban J connectivity index is 1.66. The first kappa shape index (κ1) is 21.4. The van der Waals surface area contributed by atoms with Crippen LogP contribution in [0.15, 0.2) is 41.7 Å². The van der Waals surface area contributed by atoms with Crippen molar-refractivity contribution < 1.29 is 4.79 Å². The molecule has 0 saturated heterocycles. The van der Waals surface area contributed by atoms with Crippen LogP contribution >= 0.6 is 35.0 Å². The van der Waals surface area contributed by atoms with Crippen molar-refractivity contribution in [2.45, 2.75) is 31.3 Å². The van der Waals surface area contributed by atoms with Crippen LogP contribution in [0.25, 0.3) is 11.4 Å². The average molecular weight is 451 g/mol. The van der Waals surface area contributed by atoms with Crippen LogP contribution in [0.3, 0.4) is 0 Å². The van der Waals surface area contributed by atoms with Crippen LogP contribution in [0.2, 0.25) is 10.0 Å². The summed E-state index contributed by atoms with van der Waals surface area (Å²) in [6.07, 6.45) is 1.41. The van der Waals surface area contributed by atoms with Gasteiger partial charge < -0.3 is 11.2 Å². The molecule has 0 saturated carbocycles. The molecule has 0 atom stereocenters. The predicted octanol–water partition coefficient (Wildman–Crippen LogP) is 4.39. The fourth-order valence-corrected chi connectivity index (χ4v) is 3.58. The van der Waals surface area contributed by atoms with Crippen molar-refractivity contribution in [3.05, 3.63) is 52.1 Å². The molecule has 0 aliphatic carbocycles. The Morgan fingerprint density at radius 1 is 1.21 bits per heavy atom. The molecule has 1 amide bonds. The van der Waals surface area contributed by atoms with Gasteiger partial charge in [-0.15, -0.1) is 10.2 Å². The molecule has 0 bridgehead atoms. The molecule has 10 heteroatoms. The molecule has 0 fully saturated rings. The molecule has 3 rings (SSSR count). The van der Waals surface area contributed by atoms with Gasteiger partial charge in [-0.3, -0.25) is 4.79 Å². The highest BCUT2D eigenvalue weighted by molar-refractivity contribution is 7.99. The lowest BCUT2D eigenvalue weighted by atomic mass is 9.87. The summed E-state index contributed by atoms with van der Waals surface area (Å²) in [5.41, 5.74) is 2.12. The first-order valence-corrected chi connectivity index (χ1v) is 10.4. The second-order valence-corrected chi connectivity index (χ2v) is 9.11. The summed E-state index contributed by atoms with van der Waals surface area (Å²) in [4.78, 5) is 16.2. The molecule has 152 valence electrons. The molecule has 0 radical (unpaired) electrons. The fourth-order valence-electron chi connectivity index (χ4n) is 2.50. The zero-order chi connectivity index (χ0) is 21.2. The number of halogens is 2. The standard InChI is InChI=1S/C19H20Cl2N6OS/c1-19(2,3)12-6-4-11(5-7-12)17-25-26-18(27(17)22)29-10-15(28)24-16-14(21)8-13(20)9-23-16/h4-9H,10,22H2,1-3H3,(H,23,24,28). The Kier molecular flexibility index (Phi) is 6.36. The summed E-state index contributed by atoms with van der Waals surface area (Å²) in [5.74, 6) is 6.67. The Labute approximate surface area is 183 Å². The van der Waals surface area contributed by atoms with E-state index >= 15 is 0 Å². The summed E-state index contributed by atoms with van der Waals surface area (Å²) >= 11 is 13.0. The number of nitrogens with zero attached hydrogens (tertiary/aromatic N) is 4. The molecule has 3 aromatic rings. The molecule has 0 spiro atoms. The Morgan fingerprint density at radius 3 is 2.52 bits per heavy atom. The molecule has 2 heterocycles. The van der Waals surface area contributed by atoms with Crippen molar-refractivity contribution in [3.8, 4) is 11.4 Å². The number of aromatic nitrogens is 4. The van der Waals surface area contributed by atoms with Gasteiger partial charge in [0, 0.05) is 11.8 Å². The molecule has 3 N–H and O–H groups in total. The van der Waals surface area contributed by atoms with Crippen LogP contribution in [-0.4, -0.2) is 31.5 Å². The minimum absolute atomic E-state index is 0.0606. The molecule has 0 unspecified atom stereocenters. The van der Waals surface area contributed by atoms with Crippen LogP contribution in [0.5, 0.6) is 0 Å². The first-order chi connectivity index (χ1) is 13.6. The maximum atomic E-state index is 12.2. The maximum Gasteiger partial charge on any atom is 0.236 e. The van der Waals surface area contributed by atoms with Gasteiger partial charge in [-0.05, 0) is 17.0 Å². The minimum atomic E-state index is -0.300. The zero-order valence-electron chi connectivity index (χ0n) is 16.1. The number of nitrogens with two attached hydrogens (primary N) is 1. The number of hydrogen-bond acceptors (Lipinski definition) is 6. The second kappa shape index (κ2) is 8.61. The van der Waals surface area contributed by atoms with Crippen LogP contribution in [0, 0.1) is 0 Å². The molecule has 0 aliphatic rings. The highest BCUT2D eigenvalue weighted by Gasteiger charge is 2.17. The predicted molar refractivity (Wildman–Crippen MR) is 118 cm³/mol. The molecule has 1 aromatic carbocycles. The number of thioether (sulfide) groups is 1. The smallest absolute Gasteiger partial charge is 0.236 e. The number of carbonyl (C=O) groups excluding carboxylic acids is 1. The molecular weight excluding hydrogens is 431 g/mol. The highest BCUT2D eigenvalue weighted by Crippen LogP contribution is 2.27. The van der Waals surface area contributed by atoms with Crippen molar-refractivity contribution in [3.63, 3.8) is 0 Å². The van der Waals surface area contributed by atoms with E-state index < -0.39 is 0 Å². The van der Waals surface area contributed by atoms with E-state index in [2.05, 4.69) is 41.3 Å². The number of hydrogen-bond donors (Lipinski definition) is 2. The zero-order valence-corrected chi connectivity index (χ0v) is 18.4. The van der Waals surface area contributed by atoms with Crippen LogP contribution in [0.4, 0.5) is 5.82 Å². The van der Waals surface area contributed by atoms with Crippen LogP contribution in [0.1, 0.15) is 26.3 Å². The van der Waals surface area contributed by atoms with Gasteiger partial charge in [0.2, 0.25) is 11.1 Å². The number of carbonyl (C=O) groups is 1. The van der Waals surface area contributed by atoms with Crippen molar-refractivity contribution in [2.75, 3.05) is 16.9 Å². The van der Waals surface area contributed by atoms with E-state index in [1.807, 2.05) is 24.3 Å². The van der Waals surface area contributed by atoms with Gasteiger partial charge in [0.15, 0.2) is 11.6 Å². The monoisotopic (exact) mass is 450 g/mol. The lowest BCUT2D eigenvalue weighted by Crippen LogP contribution is -2.17. The van der Waals surface area contributed by atoms with E-state index in [-0.39, 0.29) is 27.9 Å². The molecule has 7 nitrogen and oxygen atoms in total. The lowest BCUT2D eigenvalue weighted by Gasteiger charge is -2.19. The Bertz CT molecular complexity index is 1030. The molecule has 2 aromatic heterocycles. The van der Waals surface area contributed by atoms with E-state index in [0.29, 0.717) is 16.0 Å². The molecule has 0 aliphatic heterocycles. The number of nitrogen functional groups attached to an aromatic ring is 1. The van der Waals surface area contributed by atoms with Gasteiger partial charge in [-0.1, -0.05) is 80.0 Å². The fraction of sp³-hybridized carbons (Fsp3) is 0.263. The number of nitrogens with one attached hydrogen (secondary N) is 1. The van der Waals surface area contributed by atoms with Gasteiger partial charge in [-0.2, -0.15) is 0 Å². The van der Waals surface area contributed by atoms with E-state index in [9.17, 15) is 4.79 Å². The van der Waals surface area contributed by atoms with Crippen LogP contribution in [-0.2, 0) is 10.2 Å². The molecular formula is C19H20Cl2N6OS. The SMILES string of the molecule is CC(C)(C)c1ccc(-c2nnc(SCC(=O)Nc3ncc(Cl)cc3Cl)n2N)cc1. The average Bonchev–Trinajstić information content (AvgIpc) is 3.02. The largest absolute Gasteiger partial charge is 0.335 e. The number of rotatable bonds is 5. The topological polar surface area (TPSA) is 98.7 Å². The quantitative estimate of drug-likeness (QED) is 0.441. The Hall–Kier alpha value is -2.29. The normalized spacial score (nSPS) is 11.5. The summed E-state index contributed by atoms with van der Waals surface area (Å²) in [6, 6.07) is 9.53. The second-order valence-electron chi connectivity index (χ2n) is 7.32. The Morgan fingerprint density at radius 2 is 1.90 bits per heavy atom. The van der Waals surface area contributed by atoms with Gasteiger partial charge in [0.1, 0.15) is 0 Å². The van der Waals surface area contributed by atoms with Crippen molar-refractivity contribution >= 4 is 46.7 Å². The number of benzene rings is 1. The summed E-state index contributed by atoms with van der Waals surface area (Å²) in [6.45, 7) is 6.46. The third-order valence-corrected chi connectivity index (χ3v) is 5.51. The maximum absolute atomic E-state index is 12.2. The van der Waals surface area contributed by atoms with Crippen molar-refractivity contribution in [1.82, 2.24) is 19.9 Å². The summed E-state index contributed by atoms with van der Waals surface area (Å²) in [5, 5.41) is 11.9. The van der Waals surface area contributed by atoms with Gasteiger partial charge >= 0.3 is 0 Å². The highest BCUT2D eigenvalue weighted by atomic mass is 35.5. The number of pyridine rings is 1. The van der Waals surface area contributed by atoms with E-state index in [1.54, 1.807) is 0 Å². The van der Waals surface area contributed by atoms with Gasteiger partial charge in [-0.25, -0.2) is 9.66 Å². The third kappa shape index (κ3) is 5.20. The third-order valence-electron chi connectivity index (χ3n) is 4.07. The van der Waals surface area contributed by atoms with Crippen molar-refractivity contribution in [2.24, 2.45) is 0 Å². The molecule has 29 heavy (non-hydrogen) atoms. The van der Waals surface area contributed by atoms with Gasteiger partial charge in [0.05, 0.1) is 15.8 Å². The van der Waals surface area contributed by atoms with Crippen molar-refractivity contribution in [1.29, 1.82) is 0 Å². The minimum Gasteiger partial charge on any atom is -0.335 e. The summed E-state index contributed by atoms with van der Waals surface area (Å²) in [7, 11) is 0. The number of anilines is 1. The van der Waals surface area contributed by atoms with E-state index in [4.69, 9.17) is 29.0 Å².